The summed E-state index contributed by atoms with van der Waals surface area (Å²) in [5.74, 6) is 0.289. The van der Waals surface area contributed by atoms with E-state index in [9.17, 15) is 14.4 Å². The molecule has 2 aromatic rings. The third kappa shape index (κ3) is 3.91. The van der Waals surface area contributed by atoms with E-state index in [-0.39, 0.29) is 36.6 Å². The molecular weight excluding hydrogens is 354 g/mol. The second-order valence-electron chi connectivity index (χ2n) is 6.01. The van der Waals surface area contributed by atoms with E-state index in [1.165, 1.54) is 27.8 Å². The zero-order valence-corrected chi connectivity index (χ0v) is 15.3. The normalized spacial score (nSPS) is 13.3. The van der Waals surface area contributed by atoms with Crippen LogP contribution in [0.1, 0.15) is 16.1 Å². The van der Waals surface area contributed by atoms with Crippen LogP contribution in [0, 0.1) is 0 Å². The number of fused-ring (bicyclic) bond motifs is 1. The Balaban J connectivity index is 1.77. The maximum atomic E-state index is 12.4. The minimum Gasteiger partial charge on any atom is -0.467 e. The van der Waals surface area contributed by atoms with Crippen molar-refractivity contribution in [3.05, 3.63) is 47.9 Å². The lowest BCUT2D eigenvalue weighted by Crippen LogP contribution is -2.43. The fourth-order valence-electron chi connectivity index (χ4n) is 2.57. The largest absolute Gasteiger partial charge is 0.467 e. The van der Waals surface area contributed by atoms with E-state index in [2.05, 4.69) is 5.32 Å². The zero-order valence-electron chi connectivity index (χ0n) is 14.5. The van der Waals surface area contributed by atoms with Gasteiger partial charge in [0.2, 0.25) is 11.8 Å². The molecule has 0 radical (unpaired) electrons. The molecule has 0 unspecified atom stereocenters. The third-order valence-corrected chi connectivity index (χ3v) is 4.94. The number of furan rings is 1. The lowest BCUT2D eigenvalue weighted by atomic mass is 10.1. The van der Waals surface area contributed by atoms with Crippen molar-refractivity contribution >= 4 is 35.2 Å². The molecule has 0 saturated carbocycles. The minimum absolute atomic E-state index is 0.104. The Hall–Kier alpha value is -2.74. The van der Waals surface area contributed by atoms with Gasteiger partial charge >= 0.3 is 0 Å². The molecule has 7 nitrogen and oxygen atoms in total. The predicted molar refractivity (Wildman–Crippen MR) is 98.1 cm³/mol. The van der Waals surface area contributed by atoms with Crippen molar-refractivity contribution in [3.63, 3.8) is 0 Å². The molecule has 2 heterocycles. The van der Waals surface area contributed by atoms with Gasteiger partial charge in [-0.25, -0.2) is 0 Å². The van der Waals surface area contributed by atoms with Crippen molar-refractivity contribution in [1.29, 1.82) is 0 Å². The summed E-state index contributed by atoms with van der Waals surface area (Å²) in [6.45, 7) is 0.154. The number of nitrogens with zero attached hydrogens (tertiary/aromatic N) is 2. The first-order valence-electron chi connectivity index (χ1n) is 8.03. The number of carbonyl (C=O) groups is 3. The summed E-state index contributed by atoms with van der Waals surface area (Å²) in [5, 5.41) is 2.73. The van der Waals surface area contributed by atoms with Crippen molar-refractivity contribution in [2.24, 2.45) is 0 Å². The maximum absolute atomic E-state index is 12.4. The van der Waals surface area contributed by atoms with Gasteiger partial charge < -0.3 is 19.5 Å². The van der Waals surface area contributed by atoms with Crippen LogP contribution in [0.3, 0.4) is 0 Å². The molecular formula is C18H19N3O4S. The highest BCUT2D eigenvalue weighted by atomic mass is 32.2. The second kappa shape index (κ2) is 7.65. The van der Waals surface area contributed by atoms with Crippen molar-refractivity contribution < 1.29 is 18.8 Å². The number of hydrogen-bond acceptors (Lipinski definition) is 5. The number of anilines is 1. The van der Waals surface area contributed by atoms with E-state index >= 15 is 0 Å². The quantitative estimate of drug-likeness (QED) is 0.863. The Kier molecular flexibility index (Phi) is 5.32. The summed E-state index contributed by atoms with van der Waals surface area (Å²) in [5.41, 5.74) is 1.07. The molecule has 3 rings (SSSR count). The van der Waals surface area contributed by atoms with Gasteiger partial charge in [-0.3, -0.25) is 14.4 Å². The molecule has 1 aliphatic heterocycles. The lowest BCUT2D eigenvalue weighted by molar-refractivity contribution is -0.123. The van der Waals surface area contributed by atoms with Gasteiger partial charge in [0.1, 0.15) is 12.3 Å². The summed E-state index contributed by atoms with van der Waals surface area (Å²) in [7, 11) is 3.34. The second-order valence-corrected chi connectivity index (χ2v) is 7.02. The van der Waals surface area contributed by atoms with Crippen LogP contribution >= 0.6 is 11.8 Å². The minimum atomic E-state index is -0.295. The van der Waals surface area contributed by atoms with Crippen LogP contribution in [0.2, 0.25) is 0 Å². The molecule has 1 aromatic heterocycles. The van der Waals surface area contributed by atoms with Crippen molar-refractivity contribution in [3.8, 4) is 0 Å². The highest BCUT2D eigenvalue weighted by Crippen LogP contribution is 2.36. The number of nitrogens with one attached hydrogen (secondary N) is 1. The van der Waals surface area contributed by atoms with E-state index in [4.69, 9.17) is 4.42 Å². The Morgan fingerprint density at radius 1 is 1.31 bits per heavy atom. The Morgan fingerprint density at radius 3 is 2.81 bits per heavy atom. The summed E-state index contributed by atoms with van der Waals surface area (Å²) in [6.07, 6.45) is 1.53. The number of benzene rings is 1. The van der Waals surface area contributed by atoms with Gasteiger partial charge in [0.05, 0.1) is 24.2 Å². The highest BCUT2D eigenvalue weighted by Gasteiger charge is 2.27. The first-order chi connectivity index (χ1) is 12.5. The van der Waals surface area contributed by atoms with Gasteiger partial charge in [-0.2, -0.15) is 0 Å². The molecule has 3 amide bonds. The Morgan fingerprint density at radius 2 is 2.12 bits per heavy atom. The van der Waals surface area contributed by atoms with E-state index in [1.807, 2.05) is 6.07 Å². The van der Waals surface area contributed by atoms with Gasteiger partial charge in [0, 0.05) is 24.6 Å². The molecule has 0 spiro atoms. The Bertz CT molecular complexity index is 833. The topological polar surface area (TPSA) is 82.9 Å². The Labute approximate surface area is 155 Å². The number of amides is 3. The van der Waals surface area contributed by atoms with Crippen LogP contribution in [0.15, 0.2) is 45.9 Å². The fraction of sp³-hybridized carbons (Fsp3) is 0.278. The first-order valence-corrected chi connectivity index (χ1v) is 9.02. The lowest BCUT2D eigenvalue weighted by Gasteiger charge is -2.29. The smallest absolute Gasteiger partial charge is 0.253 e. The van der Waals surface area contributed by atoms with Crippen LogP contribution < -0.4 is 10.2 Å². The van der Waals surface area contributed by atoms with Crippen LogP contribution in [0.25, 0.3) is 0 Å². The van der Waals surface area contributed by atoms with Crippen molar-refractivity contribution in [1.82, 2.24) is 10.2 Å². The van der Waals surface area contributed by atoms with Crippen molar-refractivity contribution in [2.75, 3.05) is 31.3 Å². The number of thioether (sulfide) groups is 1. The van der Waals surface area contributed by atoms with E-state index < -0.39 is 0 Å². The van der Waals surface area contributed by atoms with E-state index in [1.54, 1.807) is 38.4 Å². The molecule has 136 valence electrons. The van der Waals surface area contributed by atoms with Crippen molar-refractivity contribution in [2.45, 2.75) is 11.4 Å². The highest BCUT2D eigenvalue weighted by molar-refractivity contribution is 8.00. The molecule has 1 aliphatic rings. The number of hydrogen-bond donors (Lipinski definition) is 1. The van der Waals surface area contributed by atoms with Gasteiger partial charge in [-0.05, 0) is 30.3 Å². The molecule has 0 bridgehead atoms. The zero-order chi connectivity index (χ0) is 18.7. The van der Waals surface area contributed by atoms with Crippen LogP contribution in [-0.4, -0.2) is 49.0 Å². The summed E-state index contributed by atoms with van der Waals surface area (Å²) < 4.78 is 5.18. The standard InChI is InChI=1S/C18H19N3O4S/c1-20(2)18(24)12-5-6-15-14(8-12)21(17(23)11-26-15)10-16(22)19-9-13-4-3-7-25-13/h3-8H,9-11H2,1-2H3,(H,19,22). The number of rotatable bonds is 5. The first kappa shape index (κ1) is 18.1. The summed E-state index contributed by atoms with van der Waals surface area (Å²) in [6, 6.07) is 8.72. The predicted octanol–water partition coefficient (Wildman–Crippen LogP) is 1.74. The van der Waals surface area contributed by atoms with E-state index in [0.717, 1.165) is 4.90 Å². The van der Waals surface area contributed by atoms with Gasteiger partial charge in [-0.1, -0.05) is 0 Å². The van der Waals surface area contributed by atoms with E-state index in [0.29, 0.717) is 17.0 Å². The molecule has 8 heteroatoms. The monoisotopic (exact) mass is 373 g/mol. The van der Waals surface area contributed by atoms with Crippen LogP contribution in [-0.2, 0) is 16.1 Å². The summed E-state index contributed by atoms with van der Waals surface area (Å²) in [4.78, 5) is 40.6. The average Bonchev–Trinajstić information content (AvgIpc) is 3.15. The molecule has 26 heavy (non-hydrogen) atoms. The van der Waals surface area contributed by atoms with Gasteiger partial charge in [-0.15, -0.1) is 11.8 Å². The van der Waals surface area contributed by atoms with Crippen LogP contribution in [0.5, 0.6) is 0 Å². The molecule has 0 atom stereocenters. The SMILES string of the molecule is CN(C)C(=O)c1ccc2c(c1)N(CC(=O)NCc1ccco1)C(=O)CS2. The van der Waals surface area contributed by atoms with Gasteiger partial charge in [0.15, 0.2) is 0 Å². The number of carbonyl (C=O) groups excluding carboxylic acids is 3. The fourth-order valence-corrected chi connectivity index (χ4v) is 3.48. The molecule has 0 saturated heterocycles. The summed E-state index contributed by atoms with van der Waals surface area (Å²) >= 11 is 1.41. The van der Waals surface area contributed by atoms with Gasteiger partial charge in [0.25, 0.3) is 5.91 Å². The molecule has 0 aliphatic carbocycles. The molecule has 1 N–H and O–H groups in total. The third-order valence-electron chi connectivity index (χ3n) is 3.90. The van der Waals surface area contributed by atoms with Crippen LogP contribution in [0.4, 0.5) is 5.69 Å². The molecule has 0 fully saturated rings. The average molecular weight is 373 g/mol. The maximum Gasteiger partial charge on any atom is 0.253 e. The molecule has 1 aromatic carbocycles.